The molecule has 0 saturated carbocycles. The first kappa shape index (κ1) is 27.4. The third-order valence-corrected chi connectivity index (χ3v) is 7.53. The lowest BCUT2D eigenvalue weighted by Gasteiger charge is -2.27. The summed E-state index contributed by atoms with van der Waals surface area (Å²) in [7, 11) is 1.61. The maximum absolute atomic E-state index is 14.1. The van der Waals surface area contributed by atoms with E-state index in [2.05, 4.69) is 13.0 Å². The van der Waals surface area contributed by atoms with Gasteiger partial charge in [0.25, 0.3) is 0 Å². The van der Waals surface area contributed by atoms with Crippen LogP contribution in [-0.4, -0.2) is 48.4 Å². The average Bonchev–Trinajstić information content (AvgIpc) is 3.54. The molecule has 5 rings (SSSR count). The number of fused-ring (bicyclic) bond motifs is 1. The molecule has 8 heteroatoms. The summed E-state index contributed by atoms with van der Waals surface area (Å²) in [5.74, 6) is 1.21. The molecule has 1 aliphatic heterocycles. The summed E-state index contributed by atoms with van der Waals surface area (Å²) in [6.07, 6.45) is 1.12. The molecule has 2 amide bonds. The molecule has 1 aliphatic rings. The van der Waals surface area contributed by atoms with Crippen molar-refractivity contribution in [2.45, 2.75) is 46.1 Å². The minimum absolute atomic E-state index is 0.0219. The molecule has 1 saturated heterocycles. The molecule has 0 aliphatic carbocycles. The second kappa shape index (κ2) is 11.9. The van der Waals surface area contributed by atoms with E-state index in [-0.39, 0.29) is 31.0 Å². The van der Waals surface area contributed by atoms with Gasteiger partial charge in [-0.05, 0) is 55.7 Å². The lowest BCUT2D eigenvalue weighted by Crippen LogP contribution is -2.37. The molecule has 0 unspecified atom stereocenters. The highest BCUT2D eigenvalue weighted by atomic mass is 16.5. The fourth-order valence-corrected chi connectivity index (χ4v) is 5.54. The normalized spacial score (nSPS) is 15.2. The number of para-hydroxylation sites is 3. The van der Waals surface area contributed by atoms with Crippen molar-refractivity contribution in [1.29, 1.82) is 0 Å². The number of amides is 2. The zero-order valence-corrected chi connectivity index (χ0v) is 23.6. The minimum Gasteiger partial charge on any atom is -0.497 e. The fourth-order valence-electron chi connectivity index (χ4n) is 5.54. The van der Waals surface area contributed by atoms with Crippen molar-refractivity contribution >= 4 is 34.2 Å². The van der Waals surface area contributed by atoms with Gasteiger partial charge in [0.05, 0.1) is 23.8 Å². The van der Waals surface area contributed by atoms with E-state index in [4.69, 9.17) is 14.5 Å². The van der Waals surface area contributed by atoms with E-state index >= 15 is 0 Å². The van der Waals surface area contributed by atoms with Gasteiger partial charge in [0.2, 0.25) is 11.8 Å². The number of carbonyl (C=O) groups excluding carboxylic acids is 2. The van der Waals surface area contributed by atoms with Crippen LogP contribution in [0.3, 0.4) is 0 Å². The molecular formula is C32H36N4O4. The average molecular weight is 541 g/mol. The molecule has 1 aromatic heterocycles. The molecule has 8 nitrogen and oxygen atoms in total. The van der Waals surface area contributed by atoms with Crippen LogP contribution < -0.4 is 14.5 Å². The molecule has 4 aromatic rings. The summed E-state index contributed by atoms with van der Waals surface area (Å²) < 4.78 is 13.1. The predicted molar refractivity (Wildman–Crippen MR) is 157 cm³/mol. The summed E-state index contributed by atoms with van der Waals surface area (Å²) in [4.78, 5) is 35.7. The first-order valence-corrected chi connectivity index (χ1v) is 13.8. The maximum Gasteiger partial charge on any atom is 0.248 e. The number of benzene rings is 3. The van der Waals surface area contributed by atoms with Crippen LogP contribution in [0.25, 0.3) is 11.0 Å². The molecule has 3 aromatic carbocycles. The van der Waals surface area contributed by atoms with Crippen LogP contribution in [0, 0.1) is 6.92 Å². The molecule has 0 spiro atoms. The Hall–Kier alpha value is -4.17. The number of hydrogen-bond donors (Lipinski definition) is 0. The number of aromatic nitrogens is 2. The molecule has 1 atom stereocenters. The van der Waals surface area contributed by atoms with Gasteiger partial charge in [-0.15, -0.1) is 0 Å². The summed E-state index contributed by atoms with van der Waals surface area (Å²) in [5.41, 5.74) is 5.49. The first-order valence-electron chi connectivity index (χ1n) is 13.8. The zero-order valence-electron chi connectivity index (χ0n) is 23.6. The Labute approximate surface area is 235 Å². The van der Waals surface area contributed by atoms with Gasteiger partial charge in [0.15, 0.2) is 0 Å². The van der Waals surface area contributed by atoms with Gasteiger partial charge in [0.1, 0.15) is 24.8 Å². The minimum atomic E-state index is -0.163. The molecule has 2 heterocycles. The predicted octanol–water partition coefficient (Wildman–Crippen LogP) is 5.46. The Bertz CT molecular complexity index is 1530. The van der Waals surface area contributed by atoms with E-state index in [0.717, 1.165) is 45.8 Å². The molecule has 0 radical (unpaired) electrons. The van der Waals surface area contributed by atoms with Crippen LogP contribution in [0.2, 0.25) is 0 Å². The second-order valence-corrected chi connectivity index (χ2v) is 10.0. The van der Waals surface area contributed by atoms with E-state index in [1.54, 1.807) is 16.9 Å². The van der Waals surface area contributed by atoms with Crippen molar-refractivity contribution in [3.8, 4) is 5.75 Å². The van der Waals surface area contributed by atoms with Crippen LogP contribution in [0.5, 0.6) is 5.75 Å². The molecule has 208 valence electrons. The van der Waals surface area contributed by atoms with Crippen LogP contribution >= 0.6 is 0 Å². The number of ether oxygens (including phenoxy) is 2. The van der Waals surface area contributed by atoms with Gasteiger partial charge < -0.3 is 18.9 Å². The smallest absolute Gasteiger partial charge is 0.248 e. The Balaban J connectivity index is 1.50. The van der Waals surface area contributed by atoms with Gasteiger partial charge in [-0.3, -0.25) is 14.5 Å². The van der Waals surface area contributed by atoms with Crippen molar-refractivity contribution in [3.05, 3.63) is 83.7 Å². The van der Waals surface area contributed by atoms with Gasteiger partial charge in [-0.25, -0.2) is 4.98 Å². The Morgan fingerprint density at radius 3 is 2.65 bits per heavy atom. The third kappa shape index (κ3) is 5.31. The standard InChI is InChI=1S/C32H36N4O4/c1-5-23-12-9-11-22(3)31(23)36(21-40-6-2)30(38)20-35-28-16-8-7-15-27(28)33-32(35)24-17-29(37)34(19-24)25-13-10-14-26(18-25)39-4/h7-16,18,24H,5-6,17,19-21H2,1-4H3/t24-/m0/s1. The fraction of sp³-hybridized carbons (Fsp3) is 0.344. The summed E-state index contributed by atoms with van der Waals surface area (Å²) in [6.45, 7) is 7.27. The first-order chi connectivity index (χ1) is 19.4. The van der Waals surface area contributed by atoms with Gasteiger partial charge >= 0.3 is 0 Å². The molecule has 0 bridgehead atoms. The molecule has 1 fully saturated rings. The second-order valence-electron chi connectivity index (χ2n) is 10.0. The maximum atomic E-state index is 14.1. The highest BCUT2D eigenvalue weighted by molar-refractivity contribution is 5.97. The van der Waals surface area contributed by atoms with E-state index < -0.39 is 0 Å². The molecule has 40 heavy (non-hydrogen) atoms. The monoisotopic (exact) mass is 540 g/mol. The van der Waals surface area contributed by atoms with Crippen molar-refractivity contribution in [2.75, 3.05) is 36.8 Å². The quantitative estimate of drug-likeness (QED) is 0.250. The van der Waals surface area contributed by atoms with Crippen LogP contribution in [0.15, 0.2) is 66.7 Å². The van der Waals surface area contributed by atoms with E-state index in [9.17, 15) is 9.59 Å². The number of rotatable bonds is 10. The number of imidazole rings is 1. The lowest BCUT2D eigenvalue weighted by molar-refractivity contribution is -0.120. The van der Waals surface area contributed by atoms with Crippen molar-refractivity contribution in [3.63, 3.8) is 0 Å². The largest absolute Gasteiger partial charge is 0.497 e. The SMILES string of the molecule is CCOCN(C(=O)Cn1c([C@H]2CC(=O)N(c3cccc(OC)c3)C2)nc2ccccc21)c1c(C)cccc1CC. The number of carbonyl (C=O) groups is 2. The Kier molecular flexibility index (Phi) is 8.16. The van der Waals surface area contributed by atoms with E-state index in [1.165, 1.54) is 0 Å². The summed E-state index contributed by atoms with van der Waals surface area (Å²) in [5, 5.41) is 0. The summed E-state index contributed by atoms with van der Waals surface area (Å²) >= 11 is 0. The van der Waals surface area contributed by atoms with Crippen LogP contribution in [0.4, 0.5) is 11.4 Å². The Morgan fingerprint density at radius 2 is 1.88 bits per heavy atom. The molecule has 0 N–H and O–H groups in total. The summed E-state index contributed by atoms with van der Waals surface area (Å²) in [6, 6.07) is 21.4. The number of aryl methyl sites for hydroxylation is 2. The van der Waals surface area contributed by atoms with Crippen molar-refractivity contribution < 1.29 is 19.1 Å². The van der Waals surface area contributed by atoms with E-state index in [0.29, 0.717) is 25.3 Å². The van der Waals surface area contributed by atoms with Crippen LogP contribution in [0.1, 0.15) is 43.1 Å². The highest BCUT2D eigenvalue weighted by Crippen LogP contribution is 2.35. The van der Waals surface area contributed by atoms with Gasteiger partial charge in [-0.2, -0.15) is 0 Å². The Morgan fingerprint density at radius 1 is 1.07 bits per heavy atom. The topological polar surface area (TPSA) is 76.9 Å². The third-order valence-electron chi connectivity index (χ3n) is 7.53. The van der Waals surface area contributed by atoms with Gasteiger partial charge in [-0.1, -0.05) is 43.3 Å². The number of methoxy groups -OCH3 is 1. The van der Waals surface area contributed by atoms with E-state index in [1.807, 2.05) is 79.1 Å². The number of anilines is 2. The highest BCUT2D eigenvalue weighted by Gasteiger charge is 2.35. The number of nitrogens with zero attached hydrogens (tertiary/aromatic N) is 4. The molecular weight excluding hydrogens is 504 g/mol. The van der Waals surface area contributed by atoms with Gasteiger partial charge in [0, 0.05) is 37.2 Å². The van der Waals surface area contributed by atoms with Crippen LogP contribution in [-0.2, 0) is 27.3 Å². The lowest BCUT2D eigenvalue weighted by atomic mass is 10.0. The van der Waals surface area contributed by atoms with Crippen molar-refractivity contribution in [1.82, 2.24) is 9.55 Å². The zero-order chi connectivity index (χ0) is 28.2. The number of hydrogen-bond acceptors (Lipinski definition) is 5. The van der Waals surface area contributed by atoms with Crippen molar-refractivity contribution in [2.24, 2.45) is 0 Å².